The first-order valence-electron chi connectivity index (χ1n) is 5.36. The fourth-order valence-electron chi connectivity index (χ4n) is 1.41. The van der Waals surface area contributed by atoms with Crippen LogP contribution in [0.15, 0.2) is 36.7 Å². The van der Waals surface area contributed by atoms with Gasteiger partial charge in [0.2, 0.25) is 0 Å². The molecule has 0 atom stereocenters. The summed E-state index contributed by atoms with van der Waals surface area (Å²) < 4.78 is 0. The molecule has 2 heterocycles. The van der Waals surface area contributed by atoms with Crippen LogP contribution in [0, 0.1) is 6.92 Å². The molecule has 0 aromatic carbocycles. The first kappa shape index (κ1) is 12.0. The van der Waals surface area contributed by atoms with Crippen molar-refractivity contribution >= 4 is 17.5 Å². The van der Waals surface area contributed by atoms with Crippen molar-refractivity contribution in [2.45, 2.75) is 6.92 Å². The fourth-order valence-corrected chi connectivity index (χ4v) is 1.41. The van der Waals surface area contributed by atoms with Gasteiger partial charge in [0, 0.05) is 12.4 Å². The third-order valence-electron chi connectivity index (χ3n) is 2.41. The van der Waals surface area contributed by atoms with Gasteiger partial charge >= 0.3 is 0 Å². The van der Waals surface area contributed by atoms with Crippen molar-refractivity contribution in [1.29, 1.82) is 0 Å². The minimum atomic E-state index is -0.257. The Hall–Kier alpha value is -2.47. The van der Waals surface area contributed by atoms with Crippen molar-refractivity contribution < 1.29 is 4.79 Å². The number of nitrogens with one attached hydrogen (secondary N) is 2. The van der Waals surface area contributed by atoms with Crippen molar-refractivity contribution in [2.24, 2.45) is 5.84 Å². The molecule has 0 fully saturated rings. The minimum absolute atomic E-state index is 0.257. The summed E-state index contributed by atoms with van der Waals surface area (Å²) in [6.07, 6.45) is 3.07. The summed E-state index contributed by atoms with van der Waals surface area (Å²) in [4.78, 5) is 20.0. The molecule has 0 spiro atoms. The lowest BCUT2D eigenvalue weighted by atomic mass is 10.2. The van der Waals surface area contributed by atoms with Gasteiger partial charge in [0.15, 0.2) is 0 Å². The summed E-state index contributed by atoms with van der Waals surface area (Å²) in [7, 11) is 0. The van der Waals surface area contributed by atoms with Gasteiger partial charge < -0.3 is 10.7 Å². The number of carbonyl (C=O) groups excluding carboxylic acids is 1. The summed E-state index contributed by atoms with van der Waals surface area (Å²) in [5, 5.41) is 2.72. The Morgan fingerprint density at radius 1 is 1.28 bits per heavy atom. The summed E-state index contributed by atoms with van der Waals surface area (Å²) in [5.41, 5.74) is 3.74. The smallest absolute Gasteiger partial charge is 0.258 e. The third-order valence-corrected chi connectivity index (χ3v) is 2.41. The molecule has 0 saturated carbocycles. The molecule has 0 unspecified atom stereocenters. The van der Waals surface area contributed by atoms with Gasteiger partial charge in [-0.25, -0.2) is 15.8 Å². The molecular formula is C12H13N5O. The minimum Gasteiger partial charge on any atom is -0.308 e. The summed E-state index contributed by atoms with van der Waals surface area (Å²) in [6.45, 7) is 1.88. The second kappa shape index (κ2) is 5.24. The number of nitrogens with two attached hydrogens (primary N) is 1. The average molecular weight is 243 g/mol. The van der Waals surface area contributed by atoms with Crippen LogP contribution in [-0.4, -0.2) is 15.9 Å². The van der Waals surface area contributed by atoms with Gasteiger partial charge in [0.25, 0.3) is 5.91 Å². The Morgan fingerprint density at radius 2 is 2.11 bits per heavy atom. The molecular weight excluding hydrogens is 230 g/mol. The number of aryl methyl sites for hydroxylation is 1. The quantitative estimate of drug-likeness (QED) is 0.558. The second-order valence-corrected chi connectivity index (χ2v) is 3.70. The van der Waals surface area contributed by atoms with Crippen LogP contribution in [0.4, 0.5) is 11.6 Å². The van der Waals surface area contributed by atoms with Gasteiger partial charge in [-0.2, -0.15) is 0 Å². The fraction of sp³-hybridized carbons (Fsp3) is 0.0833. The van der Waals surface area contributed by atoms with Crippen LogP contribution in [0.1, 0.15) is 15.9 Å². The van der Waals surface area contributed by atoms with Crippen LogP contribution >= 0.6 is 0 Å². The van der Waals surface area contributed by atoms with E-state index in [9.17, 15) is 4.79 Å². The average Bonchev–Trinajstić information content (AvgIpc) is 2.41. The number of rotatable bonds is 3. The molecule has 0 bridgehead atoms. The first-order valence-corrected chi connectivity index (χ1v) is 5.36. The Labute approximate surface area is 104 Å². The highest BCUT2D eigenvalue weighted by atomic mass is 16.1. The Kier molecular flexibility index (Phi) is 3.49. The molecule has 0 aliphatic rings. The van der Waals surface area contributed by atoms with E-state index >= 15 is 0 Å². The SMILES string of the molecule is Cc1cccnc1NC(=O)c1ccc(NN)nc1. The van der Waals surface area contributed by atoms with Crippen LogP contribution in [0.25, 0.3) is 0 Å². The van der Waals surface area contributed by atoms with Gasteiger partial charge in [-0.15, -0.1) is 0 Å². The van der Waals surface area contributed by atoms with E-state index in [1.54, 1.807) is 18.3 Å². The number of hydrogen-bond donors (Lipinski definition) is 3. The van der Waals surface area contributed by atoms with E-state index in [0.29, 0.717) is 17.2 Å². The van der Waals surface area contributed by atoms with Crippen molar-refractivity contribution in [2.75, 3.05) is 10.7 Å². The zero-order valence-corrected chi connectivity index (χ0v) is 9.84. The molecule has 0 saturated heterocycles. The summed E-state index contributed by atoms with van der Waals surface area (Å²) in [5.74, 6) is 5.99. The molecule has 2 aromatic heterocycles. The lowest BCUT2D eigenvalue weighted by Crippen LogP contribution is -2.15. The molecule has 6 heteroatoms. The van der Waals surface area contributed by atoms with Gasteiger partial charge in [-0.3, -0.25) is 4.79 Å². The largest absolute Gasteiger partial charge is 0.308 e. The normalized spacial score (nSPS) is 9.89. The standard InChI is InChI=1S/C12H13N5O/c1-8-3-2-6-14-11(8)16-12(18)9-4-5-10(17-13)15-7-9/h2-7H,13H2,1H3,(H,15,17)(H,14,16,18). The van der Waals surface area contributed by atoms with Crippen LogP contribution in [-0.2, 0) is 0 Å². The van der Waals surface area contributed by atoms with E-state index in [2.05, 4.69) is 20.7 Å². The highest BCUT2D eigenvalue weighted by molar-refractivity contribution is 6.03. The number of pyridine rings is 2. The molecule has 4 N–H and O–H groups in total. The van der Waals surface area contributed by atoms with E-state index < -0.39 is 0 Å². The van der Waals surface area contributed by atoms with E-state index in [4.69, 9.17) is 5.84 Å². The van der Waals surface area contributed by atoms with E-state index in [1.165, 1.54) is 6.20 Å². The maximum atomic E-state index is 11.9. The molecule has 0 radical (unpaired) electrons. The highest BCUT2D eigenvalue weighted by Crippen LogP contribution is 2.11. The number of aromatic nitrogens is 2. The van der Waals surface area contributed by atoms with Crippen molar-refractivity contribution in [3.8, 4) is 0 Å². The van der Waals surface area contributed by atoms with Crippen molar-refractivity contribution in [3.05, 3.63) is 47.8 Å². The first-order chi connectivity index (χ1) is 8.70. The zero-order valence-electron chi connectivity index (χ0n) is 9.84. The molecule has 6 nitrogen and oxygen atoms in total. The van der Waals surface area contributed by atoms with E-state index in [1.807, 2.05) is 19.1 Å². The number of carbonyl (C=O) groups is 1. The Morgan fingerprint density at radius 3 is 2.72 bits per heavy atom. The zero-order chi connectivity index (χ0) is 13.0. The number of hydrazine groups is 1. The van der Waals surface area contributed by atoms with Gasteiger partial charge in [-0.05, 0) is 30.7 Å². The number of hydrogen-bond acceptors (Lipinski definition) is 5. The number of amides is 1. The maximum absolute atomic E-state index is 11.9. The van der Waals surface area contributed by atoms with Crippen molar-refractivity contribution in [3.63, 3.8) is 0 Å². The monoisotopic (exact) mass is 243 g/mol. The predicted molar refractivity (Wildman–Crippen MR) is 69.0 cm³/mol. The highest BCUT2D eigenvalue weighted by Gasteiger charge is 2.08. The van der Waals surface area contributed by atoms with Crippen LogP contribution in [0.3, 0.4) is 0 Å². The molecule has 1 amide bonds. The topological polar surface area (TPSA) is 92.9 Å². The van der Waals surface area contributed by atoms with E-state index in [-0.39, 0.29) is 5.91 Å². The maximum Gasteiger partial charge on any atom is 0.258 e. The summed E-state index contributed by atoms with van der Waals surface area (Å²) >= 11 is 0. The van der Waals surface area contributed by atoms with Crippen molar-refractivity contribution in [1.82, 2.24) is 9.97 Å². The lowest BCUT2D eigenvalue weighted by molar-refractivity contribution is 0.102. The molecule has 92 valence electrons. The summed E-state index contributed by atoms with van der Waals surface area (Å²) in [6, 6.07) is 6.95. The molecule has 2 aromatic rings. The van der Waals surface area contributed by atoms with Gasteiger partial charge in [0.05, 0.1) is 5.56 Å². The molecule has 0 aliphatic carbocycles. The number of anilines is 2. The number of nitrogen functional groups attached to an aromatic ring is 1. The third kappa shape index (κ3) is 2.61. The molecule has 2 rings (SSSR count). The molecule has 0 aliphatic heterocycles. The Bertz CT molecular complexity index is 553. The van der Waals surface area contributed by atoms with Gasteiger partial charge in [0.1, 0.15) is 11.6 Å². The van der Waals surface area contributed by atoms with Crippen LogP contribution < -0.4 is 16.6 Å². The van der Waals surface area contributed by atoms with Gasteiger partial charge in [-0.1, -0.05) is 6.07 Å². The van der Waals surface area contributed by atoms with Crippen LogP contribution in [0.5, 0.6) is 0 Å². The lowest BCUT2D eigenvalue weighted by Gasteiger charge is -2.07. The molecule has 18 heavy (non-hydrogen) atoms. The Balaban J connectivity index is 2.14. The van der Waals surface area contributed by atoms with Crippen LogP contribution in [0.2, 0.25) is 0 Å². The second-order valence-electron chi connectivity index (χ2n) is 3.70. The van der Waals surface area contributed by atoms with E-state index in [0.717, 1.165) is 5.56 Å². The predicted octanol–water partition coefficient (Wildman–Crippen LogP) is 1.32. The number of nitrogens with zero attached hydrogens (tertiary/aromatic N) is 2.